The van der Waals surface area contributed by atoms with Gasteiger partial charge in [0.15, 0.2) is 0 Å². The zero-order valence-electron chi connectivity index (χ0n) is 13.0. The van der Waals surface area contributed by atoms with Gasteiger partial charge in [0.25, 0.3) is 0 Å². The van der Waals surface area contributed by atoms with E-state index < -0.39 is 9.84 Å². The van der Waals surface area contributed by atoms with Crippen LogP contribution in [-0.4, -0.2) is 45.6 Å². The quantitative estimate of drug-likeness (QED) is 0.668. The van der Waals surface area contributed by atoms with Crippen molar-refractivity contribution in [2.24, 2.45) is 0 Å². The number of methoxy groups -OCH3 is 1. The Morgan fingerprint density at radius 3 is 2.76 bits per heavy atom. The minimum Gasteiger partial charge on any atom is -0.497 e. The lowest BCUT2D eigenvalue weighted by Crippen LogP contribution is -2.24. The van der Waals surface area contributed by atoms with Crippen molar-refractivity contribution in [2.45, 2.75) is 19.4 Å². The van der Waals surface area contributed by atoms with Crippen molar-refractivity contribution >= 4 is 21.6 Å². The van der Waals surface area contributed by atoms with Crippen molar-refractivity contribution in [1.29, 1.82) is 0 Å². The van der Waals surface area contributed by atoms with Gasteiger partial charge < -0.3 is 10.1 Å². The lowest BCUT2D eigenvalue weighted by molar-refractivity contribution is 0.413. The lowest BCUT2D eigenvalue weighted by atomic mass is 10.1. The largest absolute Gasteiger partial charge is 0.497 e. The maximum Gasteiger partial charge on any atom is 0.148 e. The monoisotopic (exact) mass is 331 g/mol. The Bertz CT molecular complexity index is 517. The maximum atomic E-state index is 11.2. The molecule has 0 heterocycles. The first-order valence-corrected chi connectivity index (χ1v) is 10.3. The topological polar surface area (TPSA) is 55.4 Å². The molecule has 4 nitrogen and oxygen atoms in total. The summed E-state index contributed by atoms with van der Waals surface area (Å²) < 4.78 is 27.6. The van der Waals surface area contributed by atoms with E-state index in [1.807, 2.05) is 18.2 Å². The van der Waals surface area contributed by atoms with E-state index in [9.17, 15) is 8.42 Å². The third-order valence-electron chi connectivity index (χ3n) is 3.02. The molecule has 0 aliphatic carbocycles. The Morgan fingerprint density at radius 2 is 2.14 bits per heavy atom. The van der Waals surface area contributed by atoms with Gasteiger partial charge in [-0.2, -0.15) is 11.8 Å². The van der Waals surface area contributed by atoms with Crippen molar-refractivity contribution in [3.05, 3.63) is 29.8 Å². The van der Waals surface area contributed by atoms with Crippen LogP contribution in [0.25, 0.3) is 0 Å². The van der Waals surface area contributed by atoms with E-state index in [1.54, 1.807) is 18.9 Å². The minimum absolute atomic E-state index is 0.213. The molecule has 0 amide bonds. The zero-order chi connectivity index (χ0) is 15.7. The summed E-state index contributed by atoms with van der Waals surface area (Å²) in [5.74, 6) is 2.56. The van der Waals surface area contributed by atoms with Crippen LogP contribution < -0.4 is 10.1 Å². The molecule has 0 spiro atoms. The number of hydrogen-bond acceptors (Lipinski definition) is 5. The van der Waals surface area contributed by atoms with Crippen molar-refractivity contribution < 1.29 is 13.2 Å². The third-order valence-corrected chi connectivity index (χ3v) is 5.29. The summed E-state index contributed by atoms with van der Waals surface area (Å²) in [5.41, 5.74) is 1.18. The first-order chi connectivity index (χ1) is 9.96. The van der Waals surface area contributed by atoms with Gasteiger partial charge in [-0.1, -0.05) is 19.1 Å². The number of ether oxygens (including phenoxy) is 1. The Morgan fingerprint density at radius 1 is 1.38 bits per heavy atom. The van der Waals surface area contributed by atoms with E-state index in [2.05, 4.69) is 18.3 Å². The van der Waals surface area contributed by atoms with E-state index >= 15 is 0 Å². The maximum absolute atomic E-state index is 11.2. The summed E-state index contributed by atoms with van der Waals surface area (Å²) in [4.78, 5) is 0. The molecule has 0 saturated carbocycles. The van der Waals surface area contributed by atoms with Crippen LogP contribution in [0.5, 0.6) is 5.75 Å². The van der Waals surface area contributed by atoms with E-state index in [-0.39, 0.29) is 11.8 Å². The van der Waals surface area contributed by atoms with Gasteiger partial charge in [-0.05, 0) is 30.7 Å². The van der Waals surface area contributed by atoms with E-state index in [0.717, 1.165) is 24.5 Å². The number of thioether (sulfide) groups is 1. The molecule has 21 heavy (non-hydrogen) atoms. The van der Waals surface area contributed by atoms with Crippen molar-refractivity contribution in [3.8, 4) is 5.75 Å². The summed E-state index contributed by atoms with van der Waals surface area (Å²) in [6.45, 7) is 3.07. The first-order valence-electron chi connectivity index (χ1n) is 7.09. The highest BCUT2D eigenvalue weighted by Gasteiger charge is 2.12. The molecule has 1 unspecified atom stereocenters. The van der Waals surface area contributed by atoms with Gasteiger partial charge in [-0.3, -0.25) is 0 Å². The lowest BCUT2D eigenvalue weighted by Gasteiger charge is -2.19. The van der Waals surface area contributed by atoms with Crippen LogP contribution in [-0.2, 0) is 9.84 Å². The predicted octanol–water partition coefficient (Wildman–Crippen LogP) is 2.51. The summed E-state index contributed by atoms with van der Waals surface area (Å²) in [7, 11) is -1.21. The molecule has 6 heteroatoms. The van der Waals surface area contributed by atoms with Crippen LogP contribution in [0.4, 0.5) is 0 Å². The SMILES string of the molecule is CCCNC(CSCCS(C)(=O)=O)c1cccc(OC)c1. The van der Waals surface area contributed by atoms with Gasteiger partial charge in [0.05, 0.1) is 12.9 Å². The number of rotatable bonds is 10. The highest BCUT2D eigenvalue weighted by molar-refractivity contribution is 8.00. The highest BCUT2D eigenvalue weighted by atomic mass is 32.2. The average molecular weight is 332 g/mol. The standard InChI is InChI=1S/C15H25NO3S2/c1-4-8-16-15(12-20-9-10-21(3,17)18)13-6-5-7-14(11-13)19-2/h5-7,11,15-16H,4,8-10,12H2,1-3H3. The normalized spacial score (nSPS) is 13.1. The molecule has 0 bridgehead atoms. The fourth-order valence-corrected chi connectivity index (χ4v) is 4.26. The van der Waals surface area contributed by atoms with Gasteiger partial charge in [0.1, 0.15) is 15.6 Å². The van der Waals surface area contributed by atoms with Gasteiger partial charge >= 0.3 is 0 Å². The molecule has 0 aliphatic rings. The Hall–Kier alpha value is -0.720. The van der Waals surface area contributed by atoms with Crippen LogP contribution in [0.1, 0.15) is 24.9 Å². The van der Waals surface area contributed by atoms with E-state index in [1.165, 1.54) is 11.8 Å². The number of sulfone groups is 1. The molecule has 1 aromatic rings. The van der Waals surface area contributed by atoms with Crippen LogP contribution in [0.3, 0.4) is 0 Å². The van der Waals surface area contributed by atoms with Gasteiger partial charge in [-0.25, -0.2) is 8.42 Å². The van der Waals surface area contributed by atoms with Crippen molar-refractivity contribution in [3.63, 3.8) is 0 Å². The second-order valence-electron chi connectivity index (χ2n) is 4.99. The molecule has 0 fully saturated rings. The summed E-state index contributed by atoms with van der Waals surface area (Å²) >= 11 is 1.66. The fraction of sp³-hybridized carbons (Fsp3) is 0.600. The Kier molecular flexibility index (Phi) is 8.14. The highest BCUT2D eigenvalue weighted by Crippen LogP contribution is 2.22. The number of hydrogen-bond donors (Lipinski definition) is 1. The number of nitrogens with one attached hydrogen (secondary N) is 1. The van der Waals surface area contributed by atoms with Gasteiger partial charge in [-0.15, -0.1) is 0 Å². The molecule has 120 valence electrons. The molecule has 0 aliphatic heterocycles. The minimum atomic E-state index is -2.88. The second kappa shape index (κ2) is 9.33. The molecular weight excluding hydrogens is 306 g/mol. The van der Waals surface area contributed by atoms with Crippen LogP contribution >= 0.6 is 11.8 Å². The fourth-order valence-electron chi connectivity index (χ4n) is 1.86. The molecule has 0 radical (unpaired) electrons. The second-order valence-corrected chi connectivity index (χ2v) is 8.40. The Labute approximate surface area is 132 Å². The molecule has 1 N–H and O–H groups in total. The smallest absolute Gasteiger partial charge is 0.148 e. The summed E-state index contributed by atoms with van der Waals surface area (Å²) in [6.07, 6.45) is 2.34. The zero-order valence-corrected chi connectivity index (χ0v) is 14.6. The summed E-state index contributed by atoms with van der Waals surface area (Å²) in [5, 5.41) is 3.51. The molecule has 1 aromatic carbocycles. The van der Waals surface area contributed by atoms with E-state index in [0.29, 0.717) is 5.75 Å². The molecule has 0 aromatic heterocycles. The van der Waals surface area contributed by atoms with E-state index in [4.69, 9.17) is 4.74 Å². The van der Waals surface area contributed by atoms with Crippen molar-refractivity contribution in [1.82, 2.24) is 5.32 Å². The Balaban J connectivity index is 2.62. The molecule has 0 saturated heterocycles. The summed E-state index contributed by atoms with van der Waals surface area (Å²) in [6, 6.07) is 8.23. The molecule has 1 atom stereocenters. The molecular formula is C15H25NO3S2. The predicted molar refractivity (Wildman–Crippen MR) is 91.1 cm³/mol. The number of benzene rings is 1. The molecule has 1 rings (SSSR count). The third kappa shape index (κ3) is 7.74. The van der Waals surface area contributed by atoms with Gasteiger partial charge in [0.2, 0.25) is 0 Å². The van der Waals surface area contributed by atoms with Crippen LogP contribution in [0.2, 0.25) is 0 Å². The first kappa shape index (κ1) is 18.3. The van der Waals surface area contributed by atoms with Crippen molar-refractivity contribution in [2.75, 3.05) is 37.2 Å². The van der Waals surface area contributed by atoms with Crippen LogP contribution in [0, 0.1) is 0 Å². The average Bonchev–Trinajstić information content (AvgIpc) is 2.45. The van der Waals surface area contributed by atoms with Gasteiger partial charge in [0, 0.05) is 23.8 Å². The van der Waals surface area contributed by atoms with Crippen LogP contribution in [0.15, 0.2) is 24.3 Å².